The van der Waals surface area contributed by atoms with E-state index >= 15 is 0 Å². The Labute approximate surface area is 193 Å². The molecule has 1 atom stereocenters. The molecule has 0 aromatic heterocycles. The molecule has 2 amide bonds. The molecule has 2 aromatic rings. The fourth-order valence-corrected chi connectivity index (χ4v) is 3.56. The van der Waals surface area contributed by atoms with Crippen molar-refractivity contribution in [2.24, 2.45) is 0 Å². The van der Waals surface area contributed by atoms with Crippen LogP contribution in [-0.4, -0.2) is 41.9 Å². The summed E-state index contributed by atoms with van der Waals surface area (Å²) in [5.41, 5.74) is 2.39. The molecule has 0 heterocycles. The first-order valence-corrected chi connectivity index (χ1v) is 11.5. The van der Waals surface area contributed by atoms with Gasteiger partial charge < -0.3 is 15.0 Å². The van der Waals surface area contributed by atoms with Gasteiger partial charge in [0.05, 0.1) is 0 Å². The minimum atomic E-state index is -0.527. The second kappa shape index (κ2) is 11.7. The van der Waals surface area contributed by atoms with Crippen molar-refractivity contribution in [3.05, 3.63) is 65.7 Å². The van der Waals surface area contributed by atoms with Crippen molar-refractivity contribution in [3.63, 3.8) is 0 Å². The Morgan fingerprint density at radius 1 is 1.00 bits per heavy atom. The first kappa shape index (κ1) is 25.4. The van der Waals surface area contributed by atoms with E-state index in [1.165, 1.54) is 5.56 Å². The molecule has 0 bridgehead atoms. The van der Waals surface area contributed by atoms with Gasteiger partial charge in [-0.15, -0.1) is 0 Å². The minimum absolute atomic E-state index is 0.0141. The predicted molar refractivity (Wildman–Crippen MR) is 130 cm³/mol. The Kier molecular flexibility index (Phi) is 9.30. The Balaban J connectivity index is 2.11. The molecule has 5 nitrogen and oxygen atoms in total. The summed E-state index contributed by atoms with van der Waals surface area (Å²) in [6.07, 6.45) is 1.22. The maximum absolute atomic E-state index is 13.2. The third-order valence-electron chi connectivity index (χ3n) is 5.38. The second-order valence-corrected chi connectivity index (χ2v) is 9.47. The van der Waals surface area contributed by atoms with Gasteiger partial charge in [-0.2, -0.15) is 0 Å². The first-order valence-electron chi connectivity index (χ1n) is 11.5. The summed E-state index contributed by atoms with van der Waals surface area (Å²) in [7, 11) is 0. The van der Waals surface area contributed by atoms with Crippen LogP contribution in [0.1, 0.15) is 59.1 Å². The van der Waals surface area contributed by atoms with Crippen molar-refractivity contribution in [1.82, 2.24) is 10.2 Å². The van der Waals surface area contributed by atoms with E-state index in [1.807, 2.05) is 75.4 Å². The van der Waals surface area contributed by atoms with Crippen molar-refractivity contribution < 1.29 is 14.3 Å². The number of rotatable bonds is 10. The van der Waals surface area contributed by atoms with Crippen LogP contribution in [0.5, 0.6) is 5.75 Å². The fourth-order valence-electron chi connectivity index (χ4n) is 3.56. The molecule has 0 spiro atoms. The number of carbonyl (C=O) groups is 2. The van der Waals surface area contributed by atoms with Crippen molar-refractivity contribution in [1.29, 1.82) is 0 Å². The standard InChI is InChI=1S/C27H38N2O3/c1-7-24(26(31)28-20(2)3)29(18-17-21-11-9-8-10-12-21)25(30)19-32-23-15-13-22(14-16-23)27(4,5)6/h8-16,20,24H,7,17-19H2,1-6H3,(H,28,31). The maximum Gasteiger partial charge on any atom is 0.261 e. The summed E-state index contributed by atoms with van der Waals surface area (Å²) < 4.78 is 5.80. The van der Waals surface area contributed by atoms with Crippen LogP contribution >= 0.6 is 0 Å². The average molecular weight is 439 g/mol. The van der Waals surface area contributed by atoms with Crippen molar-refractivity contribution in [2.75, 3.05) is 13.2 Å². The number of nitrogens with zero attached hydrogens (tertiary/aromatic N) is 1. The predicted octanol–water partition coefficient (Wildman–Crippen LogP) is 4.74. The molecule has 32 heavy (non-hydrogen) atoms. The van der Waals surface area contributed by atoms with Crippen molar-refractivity contribution in [2.45, 2.75) is 71.9 Å². The van der Waals surface area contributed by atoms with E-state index in [1.54, 1.807) is 4.90 Å². The third kappa shape index (κ3) is 7.70. The number of amides is 2. The smallest absolute Gasteiger partial charge is 0.261 e. The van der Waals surface area contributed by atoms with Gasteiger partial charge in [-0.25, -0.2) is 0 Å². The molecule has 0 fully saturated rings. The van der Waals surface area contributed by atoms with Crippen LogP contribution in [0.25, 0.3) is 0 Å². The molecule has 0 aliphatic rings. The van der Waals surface area contributed by atoms with E-state index in [4.69, 9.17) is 4.74 Å². The number of hydrogen-bond acceptors (Lipinski definition) is 3. The molecule has 5 heteroatoms. The summed E-state index contributed by atoms with van der Waals surface area (Å²) in [5, 5.41) is 2.95. The maximum atomic E-state index is 13.2. The lowest BCUT2D eigenvalue weighted by Gasteiger charge is -2.31. The van der Waals surface area contributed by atoms with E-state index in [0.29, 0.717) is 25.1 Å². The highest BCUT2D eigenvalue weighted by atomic mass is 16.5. The van der Waals surface area contributed by atoms with Gasteiger partial charge in [0, 0.05) is 12.6 Å². The average Bonchev–Trinajstić information content (AvgIpc) is 2.74. The van der Waals surface area contributed by atoms with Crippen LogP contribution in [0.2, 0.25) is 0 Å². The molecular weight excluding hydrogens is 400 g/mol. The number of hydrogen-bond donors (Lipinski definition) is 1. The van der Waals surface area contributed by atoms with Crippen LogP contribution in [0.15, 0.2) is 54.6 Å². The Hall–Kier alpha value is -2.82. The summed E-state index contributed by atoms with van der Waals surface area (Å²) in [5.74, 6) is 0.332. The quantitative estimate of drug-likeness (QED) is 0.583. The van der Waals surface area contributed by atoms with Gasteiger partial charge in [-0.05, 0) is 55.4 Å². The molecule has 2 aromatic carbocycles. The summed E-state index contributed by atoms with van der Waals surface area (Å²) in [6.45, 7) is 12.6. The lowest BCUT2D eigenvalue weighted by atomic mass is 9.87. The van der Waals surface area contributed by atoms with Crippen molar-refractivity contribution in [3.8, 4) is 5.75 Å². The zero-order valence-corrected chi connectivity index (χ0v) is 20.4. The normalized spacial score (nSPS) is 12.3. The Morgan fingerprint density at radius 2 is 1.62 bits per heavy atom. The number of ether oxygens (including phenoxy) is 1. The van der Waals surface area contributed by atoms with Crippen LogP contribution in [-0.2, 0) is 21.4 Å². The van der Waals surface area contributed by atoms with E-state index in [0.717, 1.165) is 5.56 Å². The number of carbonyl (C=O) groups excluding carboxylic acids is 2. The van der Waals surface area contributed by atoms with E-state index in [-0.39, 0.29) is 29.9 Å². The summed E-state index contributed by atoms with van der Waals surface area (Å²) in [6, 6.07) is 17.3. The number of benzene rings is 2. The summed E-state index contributed by atoms with van der Waals surface area (Å²) in [4.78, 5) is 27.6. The first-order chi connectivity index (χ1) is 15.1. The molecular formula is C27H38N2O3. The third-order valence-corrected chi connectivity index (χ3v) is 5.38. The Morgan fingerprint density at radius 3 is 2.16 bits per heavy atom. The lowest BCUT2D eigenvalue weighted by Crippen LogP contribution is -2.52. The van der Waals surface area contributed by atoms with Crippen LogP contribution in [0.3, 0.4) is 0 Å². The molecule has 0 aliphatic heterocycles. The molecule has 1 N–H and O–H groups in total. The van der Waals surface area contributed by atoms with Crippen LogP contribution in [0, 0.1) is 0 Å². The highest BCUT2D eigenvalue weighted by Gasteiger charge is 2.29. The van der Waals surface area contributed by atoms with Crippen LogP contribution in [0.4, 0.5) is 0 Å². The highest BCUT2D eigenvalue weighted by molar-refractivity contribution is 5.88. The largest absolute Gasteiger partial charge is 0.484 e. The summed E-state index contributed by atoms with van der Waals surface area (Å²) >= 11 is 0. The number of nitrogens with one attached hydrogen (secondary N) is 1. The molecule has 0 aliphatic carbocycles. The molecule has 2 rings (SSSR count). The zero-order valence-electron chi connectivity index (χ0n) is 20.4. The zero-order chi connectivity index (χ0) is 23.7. The van der Waals surface area contributed by atoms with Gasteiger partial charge in [0.1, 0.15) is 11.8 Å². The molecule has 174 valence electrons. The molecule has 1 unspecified atom stereocenters. The van der Waals surface area contributed by atoms with Gasteiger partial charge in [-0.3, -0.25) is 9.59 Å². The topological polar surface area (TPSA) is 58.6 Å². The van der Waals surface area contributed by atoms with E-state index < -0.39 is 6.04 Å². The second-order valence-electron chi connectivity index (χ2n) is 9.47. The van der Waals surface area contributed by atoms with E-state index in [9.17, 15) is 9.59 Å². The van der Waals surface area contributed by atoms with Gasteiger partial charge in [0.2, 0.25) is 5.91 Å². The van der Waals surface area contributed by atoms with Crippen LogP contribution < -0.4 is 10.1 Å². The van der Waals surface area contributed by atoms with Gasteiger partial charge in [-0.1, -0.05) is 70.2 Å². The van der Waals surface area contributed by atoms with Gasteiger partial charge in [0.15, 0.2) is 6.61 Å². The lowest BCUT2D eigenvalue weighted by molar-refractivity contribution is -0.142. The molecule has 0 radical (unpaired) electrons. The molecule has 0 saturated heterocycles. The monoisotopic (exact) mass is 438 g/mol. The Bertz CT molecular complexity index is 855. The molecule has 0 saturated carbocycles. The SMILES string of the molecule is CCC(C(=O)NC(C)C)N(CCc1ccccc1)C(=O)COc1ccc(C(C)(C)C)cc1. The van der Waals surface area contributed by atoms with Gasteiger partial charge in [0.25, 0.3) is 5.91 Å². The van der Waals surface area contributed by atoms with E-state index in [2.05, 4.69) is 26.1 Å². The fraction of sp³-hybridized carbons (Fsp3) is 0.481. The van der Waals surface area contributed by atoms with Gasteiger partial charge >= 0.3 is 0 Å². The van der Waals surface area contributed by atoms with Crippen molar-refractivity contribution >= 4 is 11.8 Å². The minimum Gasteiger partial charge on any atom is -0.484 e. The highest BCUT2D eigenvalue weighted by Crippen LogP contribution is 2.24.